The number of halogens is 2. The summed E-state index contributed by atoms with van der Waals surface area (Å²) in [7, 11) is 0. The standard InChI is InChI=1S/C15H17ClFNO2/c16-13-10(4-2-6-12(13)17)8-18-7-9-3-1-5-11(9)14(18)15(19)20/h2,4,6,9,11,14H,1,3,5,7-8H2,(H,19,20). The van der Waals surface area contributed by atoms with Crippen molar-refractivity contribution < 1.29 is 14.3 Å². The Morgan fingerprint density at radius 3 is 3.00 bits per heavy atom. The van der Waals surface area contributed by atoms with Crippen LogP contribution in [0.25, 0.3) is 0 Å². The van der Waals surface area contributed by atoms with Crippen molar-refractivity contribution in [2.75, 3.05) is 6.54 Å². The average molecular weight is 298 g/mol. The fourth-order valence-electron chi connectivity index (χ4n) is 3.79. The highest BCUT2D eigenvalue weighted by Gasteiger charge is 2.47. The Morgan fingerprint density at radius 1 is 1.45 bits per heavy atom. The quantitative estimate of drug-likeness (QED) is 0.931. The molecule has 0 amide bonds. The van der Waals surface area contributed by atoms with Gasteiger partial charge in [0, 0.05) is 13.1 Å². The van der Waals surface area contributed by atoms with Crippen molar-refractivity contribution in [3.63, 3.8) is 0 Å². The third-order valence-electron chi connectivity index (χ3n) is 4.64. The summed E-state index contributed by atoms with van der Waals surface area (Å²) < 4.78 is 13.5. The zero-order valence-corrected chi connectivity index (χ0v) is 11.8. The van der Waals surface area contributed by atoms with E-state index in [1.807, 2.05) is 4.90 Å². The Balaban J connectivity index is 1.83. The summed E-state index contributed by atoms with van der Waals surface area (Å²) in [4.78, 5) is 13.5. The predicted octanol–water partition coefficient (Wildman–Crippen LogP) is 3.16. The summed E-state index contributed by atoms with van der Waals surface area (Å²) in [6.45, 7) is 1.18. The van der Waals surface area contributed by atoms with E-state index in [9.17, 15) is 14.3 Å². The Kier molecular flexibility index (Phi) is 3.69. The van der Waals surface area contributed by atoms with Crippen LogP contribution in [0.2, 0.25) is 5.02 Å². The molecule has 0 aromatic heterocycles. The van der Waals surface area contributed by atoms with Gasteiger partial charge in [0.1, 0.15) is 11.9 Å². The molecule has 5 heteroatoms. The summed E-state index contributed by atoms with van der Waals surface area (Å²) >= 11 is 5.97. The van der Waals surface area contributed by atoms with Gasteiger partial charge in [-0.1, -0.05) is 30.2 Å². The van der Waals surface area contributed by atoms with Crippen LogP contribution in [0.4, 0.5) is 4.39 Å². The Bertz CT molecular complexity index is 537. The largest absolute Gasteiger partial charge is 0.480 e. The van der Waals surface area contributed by atoms with E-state index in [0.29, 0.717) is 18.0 Å². The normalized spacial score (nSPS) is 29.6. The van der Waals surface area contributed by atoms with Crippen LogP contribution in [0, 0.1) is 17.7 Å². The van der Waals surface area contributed by atoms with Crippen molar-refractivity contribution in [1.29, 1.82) is 0 Å². The van der Waals surface area contributed by atoms with Crippen LogP contribution >= 0.6 is 11.6 Å². The maximum atomic E-state index is 13.5. The number of nitrogens with zero attached hydrogens (tertiary/aromatic N) is 1. The van der Waals surface area contributed by atoms with Gasteiger partial charge < -0.3 is 5.11 Å². The van der Waals surface area contributed by atoms with Gasteiger partial charge in [-0.25, -0.2) is 4.39 Å². The first-order valence-corrected chi connectivity index (χ1v) is 7.35. The minimum Gasteiger partial charge on any atom is -0.480 e. The monoisotopic (exact) mass is 297 g/mol. The van der Waals surface area contributed by atoms with Crippen LogP contribution in [-0.2, 0) is 11.3 Å². The van der Waals surface area contributed by atoms with Crippen LogP contribution in [0.5, 0.6) is 0 Å². The molecule has 1 aliphatic heterocycles. The Morgan fingerprint density at radius 2 is 2.25 bits per heavy atom. The predicted molar refractivity (Wildman–Crippen MR) is 74.1 cm³/mol. The highest BCUT2D eigenvalue weighted by Crippen LogP contribution is 2.43. The van der Waals surface area contributed by atoms with E-state index >= 15 is 0 Å². The summed E-state index contributed by atoms with van der Waals surface area (Å²) in [6.07, 6.45) is 3.20. The van der Waals surface area contributed by atoms with E-state index < -0.39 is 17.8 Å². The lowest BCUT2D eigenvalue weighted by atomic mass is 9.94. The molecule has 3 nitrogen and oxygen atoms in total. The summed E-state index contributed by atoms with van der Waals surface area (Å²) in [6, 6.07) is 4.24. The topological polar surface area (TPSA) is 40.5 Å². The fraction of sp³-hybridized carbons (Fsp3) is 0.533. The molecule has 0 radical (unpaired) electrons. The number of carboxylic acids is 1. The molecule has 1 saturated heterocycles. The molecule has 20 heavy (non-hydrogen) atoms. The number of fused-ring (bicyclic) bond motifs is 1. The number of aliphatic carboxylic acids is 1. The molecular formula is C15H17ClFNO2. The highest BCUT2D eigenvalue weighted by molar-refractivity contribution is 6.31. The minimum absolute atomic E-state index is 0.105. The molecule has 0 spiro atoms. The molecule has 1 aliphatic carbocycles. The second-order valence-electron chi connectivity index (χ2n) is 5.78. The van der Waals surface area contributed by atoms with Crippen LogP contribution < -0.4 is 0 Å². The molecule has 2 fully saturated rings. The summed E-state index contributed by atoms with van der Waals surface area (Å²) in [5.74, 6) is -0.523. The van der Waals surface area contributed by atoms with Gasteiger partial charge >= 0.3 is 5.97 Å². The number of hydrogen-bond acceptors (Lipinski definition) is 2. The average Bonchev–Trinajstić information content (AvgIpc) is 2.94. The lowest BCUT2D eigenvalue weighted by molar-refractivity contribution is -0.143. The molecule has 1 N–H and O–H groups in total. The third-order valence-corrected chi connectivity index (χ3v) is 5.07. The molecule has 1 aromatic carbocycles. The molecule has 3 atom stereocenters. The third kappa shape index (κ3) is 2.31. The number of carbonyl (C=O) groups is 1. The van der Waals surface area contributed by atoms with E-state index in [2.05, 4.69) is 0 Å². The van der Waals surface area contributed by atoms with Crippen molar-refractivity contribution in [3.05, 3.63) is 34.6 Å². The maximum Gasteiger partial charge on any atom is 0.321 e. The van der Waals surface area contributed by atoms with Crippen molar-refractivity contribution in [3.8, 4) is 0 Å². The maximum absolute atomic E-state index is 13.5. The van der Waals surface area contributed by atoms with Crippen LogP contribution in [0.3, 0.4) is 0 Å². The van der Waals surface area contributed by atoms with E-state index in [-0.39, 0.29) is 10.9 Å². The van der Waals surface area contributed by atoms with E-state index in [0.717, 1.165) is 25.8 Å². The number of carboxylic acid groups (broad SMARTS) is 1. The number of benzene rings is 1. The van der Waals surface area contributed by atoms with Gasteiger partial charge in [-0.15, -0.1) is 0 Å². The lowest BCUT2D eigenvalue weighted by Gasteiger charge is -2.24. The molecule has 1 aromatic rings. The van der Waals surface area contributed by atoms with Gasteiger partial charge in [0.2, 0.25) is 0 Å². The minimum atomic E-state index is -0.771. The second-order valence-corrected chi connectivity index (χ2v) is 6.16. The molecule has 108 valence electrons. The number of hydrogen-bond donors (Lipinski definition) is 1. The fourth-order valence-corrected chi connectivity index (χ4v) is 3.97. The lowest BCUT2D eigenvalue weighted by Crippen LogP contribution is -2.39. The Labute approximate surface area is 122 Å². The molecule has 1 saturated carbocycles. The van der Waals surface area contributed by atoms with Crippen molar-refractivity contribution in [1.82, 2.24) is 4.90 Å². The molecule has 2 aliphatic rings. The van der Waals surface area contributed by atoms with Gasteiger partial charge in [-0.2, -0.15) is 0 Å². The first-order chi connectivity index (χ1) is 9.58. The van der Waals surface area contributed by atoms with E-state index in [1.165, 1.54) is 6.07 Å². The smallest absolute Gasteiger partial charge is 0.321 e. The van der Waals surface area contributed by atoms with E-state index in [4.69, 9.17) is 11.6 Å². The van der Waals surface area contributed by atoms with Gasteiger partial charge in [-0.3, -0.25) is 9.69 Å². The van der Waals surface area contributed by atoms with Gasteiger partial charge in [-0.05, 0) is 36.3 Å². The second kappa shape index (κ2) is 5.34. The van der Waals surface area contributed by atoms with E-state index in [1.54, 1.807) is 12.1 Å². The van der Waals surface area contributed by atoms with Gasteiger partial charge in [0.05, 0.1) is 5.02 Å². The first kappa shape index (κ1) is 13.8. The van der Waals surface area contributed by atoms with Crippen LogP contribution in [-0.4, -0.2) is 28.6 Å². The van der Waals surface area contributed by atoms with Gasteiger partial charge in [0.15, 0.2) is 0 Å². The zero-order chi connectivity index (χ0) is 14.3. The van der Waals surface area contributed by atoms with Crippen LogP contribution in [0.15, 0.2) is 18.2 Å². The highest BCUT2D eigenvalue weighted by atomic mass is 35.5. The molecular weight excluding hydrogens is 281 g/mol. The van der Waals surface area contributed by atoms with Crippen molar-refractivity contribution >= 4 is 17.6 Å². The van der Waals surface area contributed by atoms with Crippen molar-refractivity contribution in [2.24, 2.45) is 11.8 Å². The molecule has 3 unspecified atom stereocenters. The van der Waals surface area contributed by atoms with Crippen LogP contribution in [0.1, 0.15) is 24.8 Å². The summed E-state index contributed by atoms with van der Waals surface area (Å²) in [5, 5.41) is 9.59. The number of rotatable bonds is 3. The molecule has 3 rings (SSSR count). The number of likely N-dealkylation sites (tertiary alicyclic amines) is 1. The zero-order valence-electron chi connectivity index (χ0n) is 11.1. The van der Waals surface area contributed by atoms with Crippen molar-refractivity contribution in [2.45, 2.75) is 31.8 Å². The molecule has 0 bridgehead atoms. The molecule has 1 heterocycles. The van der Waals surface area contributed by atoms with Gasteiger partial charge in [0.25, 0.3) is 0 Å². The SMILES string of the molecule is O=C(O)C1C2CCCC2CN1Cc1cccc(F)c1Cl. The summed E-state index contributed by atoms with van der Waals surface area (Å²) in [5.41, 5.74) is 0.665. The Hall–Kier alpha value is -1.13. The first-order valence-electron chi connectivity index (χ1n) is 6.97.